The largest absolute Gasteiger partial charge is 0.352 e. The molecule has 3 aromatic rings. The molecule has 3 aromatic carbocycles. The molecule has 1 N–H and O–H groups in total. The molecule has 37 heavy (non-hydrogen) atoms. The fraction of sp³-hybridized carbons (Fsp3) is 0.333. The Bertz CT molecular complexity index is 1390. The third-order valence-corrected chi connectivity index (χ3v) is 7.95. The molecule has 3 rings (SSSR count). The maximum absolute atomic E-state index is 13.8. The van der Waals surface area contributed by atoms with Gasteiger partial charge in [-0.2, -0.15) is 0 Å². The fourth-order valence-electron chi connectivity index (χ4n) is 3.90. The van der Waals surface area contributed by atoms with Crippen molar-refractivity contribution in [1.82, 2.24) is 10.2 Å². The van der Waals surface area contributed by atoms with Crippen molar-refractivity contribution in [1.29, 1.82) is 0 Å². The number of hydrogen-bond acceptors (Lipinski definition) is 4. The number of nitrogens with one attached hydrogen (secondary N) is 1. The Balaban J connectivity index is 2.01. The Morgan fingerprint density at radius 1 is 1.00 bits per heavy atom. The topological polar surface area (TPSA) is 86.8 Å². The van der Waals surface area contributed by atoms with Gasteiger partial charge >= 0.3 is 0 Å². The second kappa shape index (κ2) is 12.2. The van der Waals surface area contributed by atoms with Gasteiger partial charge in [-0.1, -0.05) is 72.6 Å². The molecule has 10 heteroatoms. The molecule has 0 unspecified atom stereocenters. The first-order chi connectivity index (χ1) is 17.4. The highest BCUT2D eigenvalue weighted by Crippen LogP contribution is 2.29. The summed E-state index contributed by atoms with van der Waals surface area (Å²) in [4.78, 5) is 28.1. The predicted octanol–water partition coefficient (Wildman–Crippen LogP) is 5.24. The van der Waals surface area contributed by atoms with Crippen molar-refractivity contribution in [2.24, 2.45) is 0 Å². The zero-order valence-electron chi connectivity index (χ0n) is 21.2. The van der Waals surface area contributed by atoms with Gasteiger partial charge in [-0.25, -0.2) is 8.42 Å². The Hall–Kier alpha value is -2.81. The van der Waals surface area contributed by atoms with Crippen LogP contribution in [0.1, 0.15) is 32.8 Å². The van der Waals surface area contributed by atoms with E-state index < -0.39 is 28.5 Å². The Kier molecular flexibility index (Phi) is 9.45. The van der Waals surface area contributed by atoms with Crippen LogP contribution in [-0.2, 0) is 26.2 Å². The summed E-state index contributed by atoms with van der Waals surface area (Å²) in [6, 6.07) is 16.5. The number of halogens is 2. The minimum absolute atomic E-state index is 0.00291. The lowest BCUT2D eigenvalue weighted by molar-refractivity contribution is -0.139. The third kappa shape index (κ3) is 7.15. The average molecular weight is 565 g/mol. The van der Waals surface area contributed by atoms with Crippen LogP contribution < -0.4 is 9.62 Å². The first kappa shape index (κ1) is 28.8. The summed E-state index contributed by atoms with van der Waals surface area (Å²) in [6.45, 7) is 4.94. The van der Waals surface area contributed by atoms with Crippen LogP contribution in [0, 0.1) is 0 Å². The lowest BCUT2D eigenvalue weighted by Crippen LogP contribution is -2.52. The van der Waals surface area contributed by atoms with Crippen molar-refractivity contribution in [3.8, 4) is 0 Å². The molecule has 0 heterocycles. The first-order valence-electron chi connectivity index (χ1n) is 11.9. The number of sulfonamides is 1. The van der Waals surface area contributed by atoms with Gasteiger partial charge in [-0.3, -0.25) is 13.9 Å². The second-order valence-electron chi connectivity index (χ2n) is 9.02. The van der Waals surface area contributed by atoms with Crippen LogP contribution in [-0.4, -0.2) is 50.0 Å². The number of nitrogens with zero attached hydrogens (tertiary/aromatic N) is 2. The second-order valence-corrected chi connectivity index (χ2v) is 11.8. The number of fused-ring (bicyclic) bond motifs is 1. The van der Waals surface area contributed by atoms with Gasteiger partial charge in [0.15, 0.2) is 0 Å². The number of benzene rings is 3. The summed E-state index contributed by atoms with van der Waals surface area (Å²) in [5.74, 6) is -0.889. The van der Waals surface area contributed by atoms with Crippen molar-refractivity contribution in [3.63, 3.8) is 0 Å². The summed E-state index contributed by atoms with van der Waals surface area (Å²) >= 11 is 12.4. The Morgan fingerprint density at radius 3 is 2.32 bits per heavy atom. The highest BCUT2D eigenvalue weighted by Gasteiger charge is 2.31. The molecular formula is C27H31Cl2N3O4S. The molecule has 2 atom stereocenters. The molecule has 0 radical (unpaired) electrons. The number of hydrogen-bond donors (Lipinski definition) is 1. The molecule has 0 aliphatic rings. The van der Waals surface area contributed by atoms with Crippen molar-refractivity contribution >= 4 is 61.5 Å². The van der Waals surface area contributed by atoms with Crippen LogP contribution in [0.3, 0.4) is 0 Å². The van der Waals surface area contributed by atoms with Gasteiger partial charge in [0, 0.05) is 28.0 Å². The van der Waals surface area contributed by atoms with E-state index in [1.165, 1.54) is 4.90 Å². The van der Waals surface area contributed by atoms with E-state index in [-0.39, 0.29) is 18.5 Å². The van der Waals surface area contributed by atoms with Crippen LogP contribution >= 0.6 is 23.2 Å². The van der Waals surface area contributed by atoms with E-state index in [0.717, 1.165) is 22.4 Å². The van der Waals surface area contributed by atoms with Crippen LogP contribution in [0.25, 0.3) is 10.8 Å². The molecule has 0 saturated heterocycles. The molecule has 0 fully saturated rings. The SMILES string of the molecule is CC[C@@H](C)NC(=O)[C@H](C)N(Cc1ccc(Cl)cc1Cl)C(=O)CN(c1cccc2ccccc12)S(C)(=O)=O. The van der Waals surface area contributed by atoms with Gasteiger partial charge in [-0.05, 0) is 49.4 Å². The summed E-state index contributed by atoms with van der Waals surface area (Å²) in [6.07, 6.45) is 1.78. The molecule has 0 aliphatic heterocycles. The van der Waals surface area contributed by atoms with Gasteiger partial charge in [-0.15, -0.1) is 0 Å². The van der Waals surface area contributed by atoms with Gasteiger partial charge < -0.3 is 10.2 Å². The normalized spacial score (nSPS) is 13.1. The molecule has 0 bridgehead atoms. The lowest BCUT2D eigenvalue weighted by atomic mass is 10.1. The Labute approximate surface area is 228 Å². The molecule has 0 aliphatic carbocycles. The fourth-order valence-corrected chi connectivity index (χ4v) is 5.23. The molecule has 0 aromatic heterocycles. The van der Waals surface area contributed by atoms with Crippen LogP contribution in [0.15, 0.2) is 60.7 Å². The third-order valence-electron chi connectivity index (χ3n) is 6.24. The predicted molar refractivity (Wildman–Crippen MR) is 151 cm³/mol. The quantitative estimate of drug-likeness (QED) is 0.365. The molecule has 0 saturated carbocycles. The number of anilines is 1. The van der Waals surface area contributed by atoms with Crippen molar-refractivity contribution < 1.29 is 18.0 Å². The molecule has 2 amide bonds. The minimum Gasteiger partial charge on any atom is -0.352 e. The van der Waals surface area contributed by atoms with Crippen molar-refractivity contribution in [2.75, 3.05) is 17.1 Å². The van der Waals surface area contributed by atoms with E-state index >= 15 is 0 Å². The monoisotopic (exact) mass is 563 g/mol. The van der Waals surface area contributed by atoms with Gasteiger partial charge in [0.05, 0.1) is 11.9 Å². The highest BCUT2D eigenvalue weighted by molar-refractivity contribution is 7.92. The Morgan fingerprint density at radius 2 is 1.68 bits per heavy atom. The van der Waals surface area contributed by atoms with E-state index in [0.29, 0.717) is 26.7 Å². The summed E-state index contributed by atoms with van der Waals surface area (Å²) in [5.41, 5.74) is 0.966. The molecule has 198 valence electrons. The maximum atomic E-state index is 13.8. The lowest BCUT2D eigenvalue weighted by Gasteiger charge is -2.32. The minimum atomic E-state index is -3.85. The molecular weight excluding hydrogens is 533 g/mol. The van der Waals surface area contributed by atoms with Crippen molar-refractivity contribution in [3.05, 3.63) is 76.3 Å². The summed E-state index contributed by atoms with van der Waals surface area (Å²) < 4.78 is 26.9. The van der Waals surface area contributed by atoms with Crippen LogP contribution in [0.2, 0.25) is 10.0 Å². The molecule has 0 spiro atoms. The smallest absolute Gasteiger partial charge is 0.244 e. The van der Waals surface area contributed by atoms with Crippen LogP contribution in [0.4, 0.5) is 5.69 Å². The summed E-state index contributed by atoms with van der Waals surface area (Å²) in [7, 11) is -3.85. The van der Waals surface area contributed by atoms with Gasteiger partial charge in [0.25, 0.3) is 0 Å². The van der Waals surface area contributed by atoms with E-state index in [2.05, 4.69) is 5.32 Å². The first-order valence-corrected chi connectivity index (χ1v) is 14.5. The van der Waals surface area contributed by atoms with Crippen molar-refractivity contribution in [2.45, 2.75) is 45.8 Å². The zero-order chi connectivity index (χ0) is 27.3. The van der Waals surface area contributed by atoms with E-state index in [4.69, 9.17) is 23.2 Å². The number of rotatable bonds is 10. The highest BCUT2D eigenvalue weighted by atomic mass is 35.5. The standard InChI is InChI=1S/C27H31Cl2N3O4S/c1-5-18(2)30-27(34)19(3)31(16-21-13-14-22(28)15-24(21)29)26(33)17-32(37(4,35)36)25-12-8-10-20-9-6-7-11-23(20)25/h6-15,18-19H,5,16-17H2,1-4H3,(H,30,34)/t18-,19+/m1/s1. The van der Waals surface area contributed by atoms with Crippen LogP contribution in [0.5, 0.6) is 0 Å². The van der Waals surface area contributed by atoms with E-state index in [9.17, 15) is 18.0 Å². The maximum Gasteiger partial charge on any atom is 0.244 e. The van der Waals surface area contributed by atoms with Gasteiger partial charge in [0.1, 0.15) is 12.6 Å². The average Bonchev–Trinajstić information content (AvgIpc) is 2.85. The van der Waals surface area contributed by atoms with Gasteiger partial charge in [0.2, 0.25) is 21.8 Å². The number of carbonyl (C=O) groups is 2. The van der Waals surface area contributed by atoms with E-state index in [1.54, 1.807) is 43.3 Å². The number of carbonyl (C=O) groups excluding carboxylic acids is 2. The molecule has 7 nitrogen and oxygen atoms in total. The van der Waals surface area contributed by atoms with E-state index in [1.807, 2.05) is 38.1 Å². The number of amides is 2. The zero-order valence-corrected chi connectivity index (χ0v) is 23.6. The summed E-state index contributed by atoms with van der Waals surface area (Å²) in [5, 5.41) is 5.21.